The normalized spacial score (nSPS) is 11.5. The first kappa shape index (κ1) is 26.2. The van der Waals surface area contributed by atoms with Crippen molar-refractivity contribution in [2.24, 2.45) is 0 Å². The molecule has 0 fully saturated rings. The molecule has 0 unspecified atom stereocenters. The molecule has 8 aromatic carbocycles. The first-order valence-corrected chi connectivity index (χ1v) is 15.5. The summed E-state index contributed by atoms with van der Waals surface area (Å²) in [5, 5.41) is 9.53. The summed E-state index contributed by atoms with van der Waals surface area (Å²) in [5.74, 6) is 1.97. The van der Waals surface area contributed by atoms with Gasteiger partial charge in [-0.25, -0.2) is 15.0 Å². The third-order valence-electron chi connectivity index (χ3n) is 8.94. The Kier molecular flexibility index (Phi) is 6.14. The highest BCUT2D eigenvalue weighted by molar-refractivity contribution is 6.19. The molecule has 1 aromatic heterocycles. The van der Waals surface area contributed by atoms with Crippen molar-refractivity contribution in [2.75, 3.05) is 0 Å². The summed E-state index contributed by atoms with van der Waals surface area (Å²) in [4.78, 5) is 15.4. The van der Waals surface area contributed by atoms with E-state index >= 15 is 0 Å². The van der Waals surface area contributed by atoms with Crippen molar-refractivity contribution in [3.63, 3.8) is 0 Å². The van der Waals surface area contributed by atoms with Crippen LogP contribution in [-0.4, -0.2) is 15.0 Å². The summed E-state index contributed by atoms with van der Waals surface area (Å²) < 4.78 is 0. The van der Waals surface area contributed by atoms with Crippen LogP contribution in [0.5, 0.6) is 0 Å². The van der Waals surface area contributed by atoms with E-state index in [9.17, 15) is 0 Å². The highest BCUT2D eigenvalue weighted by Gasteiger charge is 2.17. The lowest BCUT2D eigenvalue weighted by atomic mass is 9.94. The predicted octanol–water partition coefficient (Wildman–Crippen LogP) is 11.2. The Labute approximate surface area is 266 Å². The summed E-state index contributed by atoms with van der Waals surface area (Å²) in [5.41, 5.74) is 5.29. The van der Waals surface area contributed by atoms with Gasteiger partial charge in [0.2, 0.25) is 0 Å². The molecule has 0 aliphatic carbocycles. The lowest BCUT2D eigenvalue weighted by Crippen LogP contribution is -2.01. The summed E-state index contributed by atoms with van der Waals surface area (Å²) in [6, 6.07) is 57.5. The number of aromatic nitrogens is 3. The maximum Gasteiger partial charge on any atom is 0.164 e. The van der Waals surface area contributed by atoms with Gasteiger partial charge in [-0.3, -0.25) is 0 Å². The number of hydrogen-bond acceptors (Lipinski definition) is 3. The van der Waals surface area contributed by atoms with Crippen molar-refractivity contribution in [2.45, 2.75) is 0 Å². The second-order valence-electron chi connectivity index (χ2n) is 11.6. The van der Waals surface area contributed by atoms with Crippen LogP contribution in [0.2, 0.25) is 0 Å². The van der Waals surface area contributed by atoms with E-state index in [0.717, 1.165) is 27.5 Å². The maximum atomic E-state index is 5.21. The largest absolute Gasteiger partial charge is 0.208 e. The van der Waals surface area contributed by atoms with E-state index in [0.29, 0.717) is 17.5 Å². The number of nitrogens with zero attached hydrogens (tertiary/aromatic N) is 3. The second kappa shape index (κ2) is 10.8. The van der Waals surface area contributed by atoms with Crippen molar-refractivity contribution >= 4 is 43.1 Å². The van der Waals surface area contributed by atoms with Gasteiger partial charge in [0, 0.05) is 16.7 Å². The van der Waals surface area contributed by atoms with Crippen molar-refractivity contribution in [3.8, 4) is 45.3 Å². The Bertz CT molecular complexity index is 2570. The van der Waals surface area contributed by atoms with Crippen molar-refractivity contribution in [1.29, 1.82) is 0 Å². The Balaban J connectivity index is 1.29. The molecule has 9 rings (SSSR count). The fourth-order valence-electron chi connectivity index (χ4n) is 6.76. The van der Waals surface area contributed by atoms with Crippen LogP contribution in [0.15, 0.2) is 164 Å². The standard InChI is InChI=1S/C43H27N3/c1-3-12-28(13-4-1)32-18-9-21-35-33(32)19-10-22-39(35)42-44-41(30-15-5-2-6-16-30)45-43(46-42)40-23-11-20-34-37-25-24-29-14-7-8-17-31(29)36(37)26-27-38(34)40/h1-27H. The van der Waals surface area contributed by atoms with E-state index in [4.69, 9.17) is 15.0 Å². The van der Waals surface area contributed by atoms with Gasteiger partial charge in [-0.15, -0.1) is 0 Å². The van der Waals surface area contributed by atoms with Gasteiger partial charge in [-0.1, -0.05) is 164 Å². The molecule has 214 valence electrons. The number of hydrogen-bond donors (Lipinski definition) is 0. The van der Waals surface area contributed by atoms with Gasteiger partial charge in [0.1, 0.15) is 0 Å². The van der Waals surface area contributed by atoms with Crippen molar-refractivity contribution in [1.82, 2.24) is 15.0 Å². The fourth-order valence-corrected chi connectivity index (χ4v) is 6.76. The summed E-state index contributed by atoms with van der Waals surface area (Å²) in [6.45, 7) is 0. The minimum absolute atomic E-state index is 0.653. The van der Waals surface area contributed by atoms with Gasteiger partial charge >= 0.3 is 0 Å². The first-order valence-electron chi connectivity index (χ1n) is 15.5. The van der Waals surface area contributed by atoms with Gasteiger partial charge in [0.25, 0.3) is 0 Å². The zero-order valence-electron chi connectivity index (χ0n) is 24.9. The SMILES string of the molecule is c1ccc(-c2nc(-c3cccc4c(-c5ccccc5)cccc34)nc(-c3cccc4c3ccc3c5ccccc5ccc43)n2)cc1. The molecular weight excluding hydrogens is 558 g/mol. The fraction of sp³-hybridized carbons (Fsp3) is 0. The predicted molar refractivity (Wildman–Crippen MR) is 192 cm³/mol. The van der Waals surface area contributed by atoms with E-state index in [-0.39, 0.29) is 0 Å². The van der Waals surface area contributed by atoms with Gasteiger partial charge < -0.3 is 0 Å². The lowest BCUT2D eigenvalue weighted by Gasteiger charge is -2.14. The topological polar surface area (TPSA) is 38.7 Å². The van der Waals surface area contributed by atoms with Crippen molar-refractivity contribution in [3.05, 3.63) is 164 Å². The Morgan fingerprint density at radius 1 is 0.239 bits per heavy atom. The Morgan fingerprint density at radius 3 is 1.39 bits per heavy atom. The molecule has 3 heteroatoms. The molecule has 0 radical (unpaired) electrons. The zero-order chi connectivity index (χ0) is 30.5. The van der Waals surface area contributed by atoms with E-state index < -0.39 is 0 Å². The molecule has 0 aliphatic rings. The lowest BCUT2D eigenvalue weighted by molar-refractivity contribution is 1.08. The third kappa shape index (κ3) is 4.33. The van der Waals surface area contributed by atoms with Gasteiger partial charge in [-0.2, -0.15) is 0 Å². The summed E-state index contributed by atoms with van der Waals surface area (Å²) in [6.07, 6.45) is 0. The van der Waals surface area contributed by atoms with Crippen LogP contribution in [0.3, 0.4) is 0 Å². The molecular formula is C43H27N3. The molecule has 0 spiro atoms. The molecule has 46 heavy (non-hydrogen) atoms. The van der Waals surface area contributed by atoms with Crippen LogP contribution in [0.4, 0.5) is 0 Å². The molecule has 0 saturated carbocycles. The number of rotatable bonds is 4. The molecule has 0 atom stereocenters. The first-order chi connectivity index (χ1) is 22.8. The van der Waals surface area contributed by atoms with Crippen LogP contribution in [0.1, 0.15) is 0 Å². The van der Waals surface area contributed by atoms with Crippen LogP contribution >= 0.6 is 0 Å². The van der Waals surface area contributed by atoms with Gasteiger partial charge in [0.15, 0.2) is 17.5 Å². The Hall–Kier alpha value is -6.19. The molecule has 0 bridgehead atoms. The average molecular weight is 586 g/mol. The maximum absolute atomic E-state index is 5.21. The van der Waals surface area contributed by atoms with Gasteiger partial charge in [-0.05, 0) is 54.2 Å². The Morgan fingerprint density at radius 2 is 0.674 bits per heavy atom. The molecule has 0 amide bonds. The third-order valence-corrected chi connectivity index (χ3v) is 8.94. The second-order valence-corrected chi connectivity index (χ2v) is 11.6. The van der Waals surface area contributed by atoms with E-state index in [1.165, 1.54) is 43.4 Å². The zero-order valence-corrected chi connectivity index (χ0v) is 24.9. The highest BCUT2D eigenvalue weighted by atomic mass is 15.0. The minimum Gasteiger partial charge on any atom is -0.208 e. The van der Waals surface area contributed by atoms with Crippen LogP contribution < -0.4 is 0 Å². The monoisotopic (exact) mass is 585 g/mol. The quantitative estimate of drug-likeness (QED) is 0.193. The van der Waals surface area contributed by atoms with E-state index in [1.54, 1.807) is 0 Å². The van der Waals surface area contributed by atoms with Crippen molar-refractivity contribution < 1.29 is 0 Å². The molecule has 0 aliphatic heterocycles. The molecule has 9 aromatic rings. The summed E-state index contributed by atoms with van der Waals surface area (Å²) >= 11 is 0. The molecule has 0 saturated heterocycles. The minimum atomic E-state index is 0.653. The number of fused-ring (bicyclic) bond motifs is 6. The molecule has 1 heterocycles. The molecule has 3 nitrogen and oxygen atoms in total. The highest BCUT2D eigenvalue weighted by Crippen LogP contribution is 2.38. The van der Waals surface area contributed by atoms with Crippen LogP contribution in [0, 0.1) is 0 Å². The van der Waals surface area contributed by atoms with Crippen LogP contribution in [0.25, 0.3) is 88.4 Å². The smallest absolute Gasteiger partial charge is 0.164 e. The summed E-state index contributed by atoms with van der Waals surface area (Å²) in [7, 11) is 0. The molecule has 0 N–H and O–H groups in total. The van der Waals surface area contributed by atoms with Crippen LogP contribution in [-0.2, 0) is 0 Å². The van der Waals surface area contributed by atoms with Gasteiger partial charge in [0.05, 0.1) is 0 Å². The average Bonchev–Trinajstić information content (AvgIpc) is 3.14. The van der Waals surface area contributed by atoms with E-state index in [1.807, 2.05) is 18.2 Å². The van der Waals surface area contributed by atoms with E-state index in [2.05, 4.69) is 146 Å². The number of benzene rings is 8.